The van der Waals surface area contributed by atoms with Crippen LogP contribution in [0.4, 0.5) is 0 Å². The van der Waals surface area contributed by atoms with Gasteiger partial charge in [-0.15, -0.1) is 11.3 Å². The third kappa shape index (κ3) is 4.04. The quantitative estimate of drug-likeness (QED) is 0.239. The van der Waals surface area contributed by atoms with Crippen molar-refractivity contribution in [3.63, 3.8) is 0 Å². The lowest BCUT2D eigenvalue weighted by Crippen LogP contribution is -2.24. The van der Waals surface area contributed by atoms with Crippen LogP contribution in [-0.2, 0) is 4.57 Å². The summed E-state index contributed by atoms with van der Waals surface area (Å²) in [6, 6.07) is 42.5. The minimum absolute atomic E-state index is 0.829. The van der Waals surface area contributed by atoms with Crippen molar-refractivity contribution in [3.8, 4) is 21.0 Å². The van der Waals surface area contributed by atoms with E-state index in [-0.39, 0.29) is 0 Å². The Kier molecular flexibility index (Phi) is 5.66. The average Bonchev–Trinajstić information content (AvgIpc) is 3.44. The SMILES string of the molecule is O=P(c1ccccc1)(c1ccccc1)c1ccc2cnc(-c3ccc(-c4ccccc4)s3)cc2c1. The Morgan fingerprint density at radius 2 is 1.14 bits per heavy atom. The summed E-state index contributed by atoms with van der Waals surface area (Å²) in [5.74, 6) is 0. The number of aromatic nitrogens is 1. The number of nitrogens with zero attached hydrogens (tertiary/aromatic N) is 1. The summed E-state index contributed by atoms with van der Waals surface area (Å²) < 4.78 is 14.8. The van der Waals surface area contributed by atoms with Gasteiger partial charge in [0.2, 0.25) is 0 Å². The summed E-state index contributed by atoms with van der Waals surface area (Å²) in [7, 11) is -3.02. The monoisotopic (exact) mass is 487 g/mol. The highest BCUT2D eigenvalue weighted by atomic mass is 32.1. The van der Waals surface area contributed by atoms with Gasteiger partial charge in [0.05, 0.1) is 10.6 Å². The van der Waals surface area contributed by atoms with Crippen LogP contribution in [0.5, 0.6) is 0 Å². The van der Waals surface area contributed by atoms with Crippen LogP contribution in [0.15, 0.2) is 134 Å². The standard InChI is InChI=1S/C31H22NOPS/c33-34(26-12-6-2-7-13-26,27-14-8-3-9-15-27)28-17-16-24-22-32-29(21-25(24)20-28)31-19-18-30(35-31)23-10-4-1-5-11-23/h1-22H. The molecular formula is C31H22NOPS. The Bertz CT molecular complexity index is 1620. The molecule has 2 heterocycles. The number of rotatable bonds is 5. The summed E-state index contributed by atoms with van der Waals surface area (Å²) in [6.07, 6.45) is 1.91. The van der Waals surface area contributed by atoms with Gasteiger partial charge in [-0.1, -0.05) is 103 Å². The van der Waals surface area contributed by atoms with Gasteiger partial charge in [-0.2, -0.15) is 0 Å². The molecule has 0 radical (unpaired) electrons. The van der Waals surface area contributed by atoms with E-state index in [1.165, 1.54) is 10.4 Å². The Labute approximate surface area is 208 Å². The first-order valence-electron chi connectivity index (χ1n) is 11.5. The van der Waals surface area contributed by atoms with Gasteiger partial charge in [-0.05, 0) is 35.2 Å². The molecule has 0 N–H and O–H groups in total. The van der Waals surface area contributed by atoms with Gasteiger partial charge >= 0.3 is 0 Å². The number of hydrogen-bond acceptors (Lipinski definition) is 3. The highest BCUT2D eigenvalue weighted by Crippen LogP contribution is 2.43. The van der Waals surface area contributed by atoms with E-state index < -0.39 is 7.14 Å². The second kappa shape index (κ2) is 9.11. The summed E-state index contributed by atoms with van der Waals surface area (Å²) in [6.45, 7) is 0. The number of fused-ring (bicyclic) bond motifs is 1. The minimum Gasteiger partial charge on any atom is -0.309 e. The molecule has 0 spiro atoms. The molecule has 2 nitrogen and oxygen atoms in total. The second-order valence-corrected chi connectivity index (χ2v) is 12.3. The van der Waals surface area contributed by atoms with Crippen LogP contribution in [-0.4, -0.2) is 4.98 Å². The number of hydrogen-bond donors (Lipinski definition) is 0. The van der Waals surface area contributed by atoms with Crippen LogP contribution in [0, 0.1) is 0 Å². The zero-order valence-electron chi connectivity index (χ0n) is 18.9. The van der Waals surface area contributed by atoms with Crippen molar-refractivity contribution in [2.45, 2.75) is 0 Å². The Morgan fingerprint density at radius 1 is 0.543 bits per heavy atom. The van der Waals surface area contributed by atoms with Crippen molar-refractivity contribution in [1.29, 1.82) is 0 Å². The third-order valence-corrected chi connectivity index (χ3v) is 10.4. The lowest BCUT2D eigenvalue weighted by Gasteiger charge is -2.20. The fraction of sp³-hybridized carbons (Fsp3) is 0. The molecule has 0 amide bonds. The number of benzene rings is 4. The van der Waals surface area contributed by atoms with Crippen LogP contribution in [0.3, 0.4) is 0 Å². The second-order valence-electron chi connectivity index (χ2n) is 8.41. The highest BCUT2D eigenvalue weighted by molar-refractivity contribution is 7.85. The molecule has 4 heteroatoms. The first-order chi connectivity index (χ1) is 17.2. The van der Waals surface area contributed by atoms with Gasteiger partial charge in [-0.3, -0.25) is 4.98 Å². The zero-order chi connectivity index (χ0) is 23.7. The predicted octanol–water partition coefficient (Wildman–Crippen LogP) is 7.27. The fourth-order valence-corrected chi connectivity index (χ4v) is 8.08. The molecule has 0 aliphatic heterocycles. The summed E-state index contributed by atoms with van der Waals surface area (Å²) in [5, 5.41) is 4.58. The molecule has 0 saturated heterocycles. The van der Waals surface area contributed by atoms with Gasteiger partial charge in [0.15, 0.2) is 7.14 Å². The summed E-state index contributed by atoms with van der Waals surface area (Å²) >= 11 is 1.73. The topological polar surface area (TPSA) is 30.0 Å². The zero-order valence-corrected chi connectivity index (χ0v) is 20.6. The Balaban J connectivity index is 1.47. The normalized spacial score (nSPS) is 11.5. The van der Waals surface area contributed by atoms with Gasteiger partial charge < -0.3 is 4.57 Å². The van der Waals surface area contributed by atoms with Gasteiger partial charge in [0.25, 0.3) is 0 Å². The van der Waals surface area contributed by atoms with Crippen molar-refractivity contribution in [1.82, 2.24) is 4.98 Å². The van der Waals surface area contributed by atoms with E-state index in [1.807, 2.05) is 85.1 Å². The summed E-state index contributed by atoms with van der Waals surface area (Å²) in [4.78, 5) is 7.07. The van der Waals surface area contributed by atoms with Gasteiger partial charge in [0, 0.05) is 32.4 Å². The van der Waals surface area contributed by atoms with Gasteiger partial charge in [-0.25, -0.2) is 0 Å². The Morgan fingerprint density at radius 3 is 1.80 bits per heavy atom. The molecule has 0 aliphatic carbocycles. The summed E-state index contributed by atoms with van der Waals surface area (Å²) in [5.41, 5.74) is 2.13. The molecule has 6 rings (SSSR count). The van der Waals surface area contributed by atoms with Gasteiger partial charge in [0.1, 0.15) is 0 Å². The Hall–Kier alpha value is -3.78. The predicted molar refractivity (Wildman–Crippen MR) is 150 cm³/mol. The largest absolute Gasteiger partial charge is 0.309 e. The molecule has 0 aliphatic rings. The van der Waals surface area contributed by atoms with Crippen LogP contribution >= 0.6 is 18.5 Å². The van der Waals surface area contributed by atoms with E-state index in [2.05, 4.69) is 48.5 Å². The third-order valence-electron chi connectivity index (χ3n) is 6.23. The fourth-order valence-electron chi connectivity index (χ4n) is 4.42. The lowest BCUT2D eigenvalue weighted by molar-refractivity contribution is 0.592. The van der Waals surface area contributed by atoms with E-state index in [9.17, 15) is 4.57 Å². The molecule has 6 aromatic rings. The molecule has 0 unspecified atom stereocenters. The maximum Gasteiger partial charge on any atom is 0.171 e. The molecular weight excluding hydrogens is 465 g/mol. The molecule has 2 aromatic heterocycles. The van der Waals surface area contributed by atoms with E-state index in [0.29, 0.717) is 0 Å². The molecule has 4 aromatic carbocycles. The average molecular weight is 488 g/mol. The van der Waals surface area contributed by atoms with Crippen LogP contribution in [0.1, 0.15) is 0 Å². The van der Waals surface area contributed by atoms with Crippen LogP contribution in [0.2, 0.25) is 0 Å². The maximum atomic E-state index is 14.8. The van der Waals surface area contributed by atoms with Crippen molar-refractivity contribution in [2.75, 3.05) is 0 Å². The molecule has 35 heavy (non-hydrogen) atoms. The van der Waals surface area contributed by atoms with Crippen LogP contribution < -0.4 is 15.9 Å². The first-order valence-corrected chi connectivity index (χ1v) is 14.0. The molecule has 0 bridgehead atoms. The van der Waals surface area contributed by atoms with E-state index in [1.54, 1.807) is 11.3 Å². The molecule has 168 valence electrons. The van der Waals surface area contributed by atoms with E-state index >= 15 is 0 Å². The van der Waals surface area contributed by atoms with E-state index in [4.69, 9.17) is 4.98 Å². The highest BCUT2D eigenvalue weighted by Gasteiger charge is 2.29. The molecule has 0 atom stereocenters. The minimum atomic E-state index is -3.02. The van der Waals surface area contributed by atoms with Crippen molar-refractivity contribution >= 4 is 45.2 Å². The number of pyridine rings is 1. The lowest BCUT2D eigenvalue weighted by atomic mass is 10.1. The smallest absolute Gasteiger partial charge is 0.171 e. The molecule has 0 saturated carbocycles. The van der Waals surface area contributed by atoms with Crippen molar-refractivity contribution in [3.05, 3.63) is 134 Å². The molecule has 0 fully saturated rings. The number of thiophene rings is 1. The van der Waals surface area contributed by atoms with Crippen molar-refractivity contribution < 1.29 is 4.57 Å². The first kappa shape index (κ1) is 21.7. The maximum absolute atomic E-state index is 14.8. The van der Waals surface area contributed by atoms with Crippen LogP contribution in [0.25, 0.3) is 31.8 Å². The van der Waals surface area contributed by atoms with Crippen molar-refractivity contribution in [2.24, 2.45) is 0 Å². The van der Waals surface area contributed by atoms with E-state index in [0.717, 1.165) is 37.3 Å².